The lowest BCUT2D eigenvalue weighted by atomic mass is 10.0. The zero-order valence-electron chi connectivity index (χ0n) is 11.3. The first-order chi connectivity index (χ1) is 9.67. The van der Waals surface area contributed by atoms with E-state index in [-0.39, 0.29) is 5.38 Å². The Balaban J connectivity index is 2.34. The van der Waals surface area contributed by atoms with Crippen LogP contribution in [0, 0.1) is 0 Å². The first kappa shape index (κ1) is 14.9. The zero-order chi connectivity index (χ0) is 14.5. The summed E-state index contributed by atoms with van der Waals surface area (Å²) in [5, 5.41) is 0.299. The van der Waals surface area contributed by atoms with E-state index in [9.17, 15) is 0 Å². The summed E-state index contributed by atoms with van der Waals surface area (Å²) in [6, 6.07) is 7.45. The second kappa shape index (κ2) is 6.82. The second-order valence-electron chi connectivity index (χ2n) is 4.21. The number of ether oxygens (including phenoxy) is 2. The van der Waals surface area contributed by atoms with Gasteiger partial charge in [-0.2, -0.15) is 0 Å². The van der Waals surface area contributed by atoms with Crippen LogP contribution in [0.3, 0.4) is 0 Å². The molecule has 1 atom stereocenters. The predicted octanol–water partition coefficient (Wildman–Crippen LogP) is 4.27. The van der Waals surface area contributed by atoms with E-state index in [1.54, 1.807) is 26.6 Å². The van der Waals surface area contributed by atoms with Gasteiger partial charge in [0.2, 0.25) is 0 Å². The molecule has 0 bridgehead atoms. The van der Waals surface area contributed by atoms with Crippen molar-refractivity contribution in [3.63, 3.8) is 0 Å². The molecule has 0 aliphatic carbocycles. The number of pyridine rings is 1. The van der Waals surface area contributed by atoms with E-state index in [4.69, 9.17) is 32.7 Å². The molecule has 0 aliphatic rings. The van der Waals surface area contributed by atoms with Crippen LogP contribution in [0.2, 0.25) is 5.02 Å². The molecular formula is C15H15Cl2NO2. The van der Waals surface area contributed by atoms with Crippen LogP contribution in [0.1, 0.15) is 16.5 Å². The molecule has 1 aromatic carbocycles. The van der Waals surface area contributed by atoms with Crippen LogP contribution in [0.15, 0.2) is 36.7 Å². The van der Waals surface area contributed by atoms with Gasteiger partial charge < -0.3 is 9.47 Å². The van der Waals surface area contributed by atoms with E-state index in [2.05, 4.69) is 4.98 Å². The fourth-order valence-corrected chi connectivity index (χ4v) is 2.63. The van der Waals surface area contributed by atoms with Crippen LogP contribution < -0.4 is 9.47 Å². The van der Waals surface area contributed by atoms with Crippen molar-refractivity contribution in [3.05, 3.63) is 52.8 Å². The monoisotopic (exact) mass is 311 g/mol. The highest BCUT2D eigenvalue weighted by Crippen LogP contribution is 2.39. The molecular weight excluding hydrogens is 297 g/mol. The van der Waals surface area contributed by atoms with Crippen molar-refractivity contribution >= 4 is 23.2 Å². The first-order valence-corrected chi connectivity index (χ1v) is 6.92. The minimum atomic E-state index is -0.305. The van der Waals surface area contributed by atoms with Crippen molar-refractivity contribution in [2.24, 2.45) is 0 Å². The van der Waals surface area contributed by atoms with Crippen LogP contribution >= 0.6 is 23.2 Å². The van der Waals surface area contributed by atoms with Gasteiger partial charge in [-0.25, -0.2) is 0 Å². The molecule has 20 heavy (non-hydrogen) atoms. The molecule has 0 saturated carbocycles. The summed E-state index contributed by atoms with van der Waals surface area (Å²) in [7, 11) is 3.22. The number of aromatic nitrogens is 1. The number of rotatable bonds is 5. The molecule has 5 heteroatoms. The standard InChI is InChI=1S/C15H15Cl2NO2/c1-19-13-4-3-5-14(20-2)15(13)11(16)8-10-6-7-18-9-12(10)17/h3-7,9,11H,8H2,1-2H3. The maximum atomic E-state index is 6.54. The van der Waals surface area contributed by atoms with Gasteiger partial charge in [-0.05, 0) is 30.2 Å². The van der Waals surface area contributed by atoms with Crippen molar-refractivity contribution in [1.29, 1.82) is 0 Å². The Labute approximate surface area is 128 Å². The average molecular weight is 312 g/mol. The summed E-state index contributed by atoms with van der Waals surface area (Å²) in [5.74, 6) is 1.41. The summed E-state index contributed by atoms with van der Waals surface area (Å²) in [6.07, 6.45) is 3.88. The van der Waals surface area contributed by atoms with E-state index in [0.717, 1.165) is 11.1 Å². The summed E-state index contributed by atoms with van der Waals surface area (Å²) in [4.78, 5) is 3.97. The number of alkyl halides is 1. The third-order valence-electron chi connectivity index (χ3n) is 3.03. The minimum absolute atomic E-state index is 0.305. The van der Waals surface area contributed by atoms with Gasteiger partial charge in [0, 0.05) is 12.4 Å². The van der Waals surface area contributed by atoms with Gasteiger partial charge in [0.25, 0.3) is 0 Å². The second-order valence-corrected chi connectivity index (χ2v) is 5.15. The van der Waals surface area contributed by atoms with Gasteiger partial charge in [0.15, 0.2) is 0 Å². The molecule has 1 unspecified atom stereocenters. The van der Waals surface area contributed by atoms with Gasteiger partial charge in [-0.15, -0.1) is 11.6 Å². The van der Waals surface area contributed by atoms with Gasteiger partial charge in [0.1, 0.15) is 11.5 Å². The lowest BCUT2D eigenvalue weighted by molar-refractivity contribution is 0.384. The Bertz CT molecular complexity index is 568. The van der Waals surface area contributed by atoms with Crippen molar-refractivity contribution in [2.45, 2.75) is 11.8 Å². The summed E-state index contributed by atoms with van der Waals surface area (Å²) in [5.41, 5.74) is 1.77. The molecule has 3 nitrogen and oxygen atoms in total. The zero-order valence-corrected chi connectivity index (χ0v) is 12.8. The molecule has 0 amide bonds. The molecule has 0 radical (unpaired) electrons. The Hall–Kier alpha value is -1.45. The molecule has 0 spiro atoms. The molecule has 106 valence electrons. The molecule has 2 rings (SSSR count). The maximum Gasteiger partial charge on any atom is 0.127 e. The summed E-state index contributed by atoms with van der Waals surface area (Å²) >= 11 is 12.7. The molecule has 1 heterocycles. The maximum absolute atomic E-state index is 6.54. The number of nitrogens with zero attached hydrogens (tertiary/aromatic N) is 1. The molecule has 2 aromatic rings. The van der Waals surface area contributed by atoms with Crippen LogP contribution in [0.25, 0.3) is 0 Å². The quantitative estimate of drug-likeness (QED) is 0.772. The van der Waals surface area contributed by atoms with Crippen LogP contribution in [-0.2, 0) is 6.42 Å². The SMILES string of the molecule is COc1cccc(OC)c1C(Cl)Cc1ccncc1Cl. The van der Waals surface area contributed by atoms with Crippen LogP contribution in [0.5, 0.6) is 11.5 Å². The van der Waals surface area contributed by atoms with E-state index in [0.29, 0.717) is 22.9 Å². The topological polar surface area (TPSA) is 31.4 Å². The van der Waals surface area contributed by atoms with Gasteiger partial charge in [-0.1, -0.05) is 17.7 Å². The van der Waals surface area contributed by atoms with E-state index in [1.807, 2.05) is 24.3 Å². The smallest absolute Gasteiger partial charge is 0.127 e. The number of halogens is 2. The number of hydrogen-bond acceptors (Lipinski definition) is 3. The highest BCUT2D eigenvalue weighted by atomic mass is 35.5. The third kappa shape index (κ3) is 3.17. The van der Waals surface area contributed by atoms with Crippen molar-refractivity contribution < 1.29 is 9.47 Å². The lowest BCUT2D eigenvalue weighted by Crippen LogP contribution is -2.02. The number of hydrogen-bond donors (Lipinski definition) is 0. The van der Waals surface area contributed by atoms with Gasteiger partial charge >= 0.3 is 0 Å². The fourth-order valence-electron chi connectivity index (χ4n) is 2.05. The van der Waals surface area contributed by atoms with E-state index in [1.165, 1.54) is 0 Å². The summed E-state index contributed by atoms with van der Waals surface area (Å²) < 4.78 is 10.7. The van der Waals surface area contributed by atoms with Crippen molar-refractivity contribution in [3.8, 4) is 11.5 Å². The molecule has 0 N–H and O–H groups in total. The van der Waals surface area contributed by atoms with E-state index >= 15 is 0 Å². The van der Waals surface area contributed by atoms with Crippen LogP contribution in [0.4, 0.5) is 0 Å². The average Bonchev–Trinajstić information content (AvgIpc) is 2.48. The highest BCUT2D eigenvalue weighted by molar-refractivity contribution is 6.31. The lowest BCUT2D eigenvalue weighted by Gasteiger charge is -2.17. The molecule has 0 saturated heterocycles. The molecule has 0 aliphatic heterocycles. The van der Waals surface area contributed by atoms with Crippen LogP contribution in [-0.4, -0.2) is 19.2 Å². The van der Waals surface area contributed by atoms with Crippen molar-refractivity contribution in [2.75, 3.05) is 14.2 Å². The van der Waals surface area contributed by atoms with Gasteiger partial charge in [0.05, 0.1) is 30.2 Å². The Morgan fingerprint density at radius 1 is 1.15 bits per heavy atom. The Morgan fingerprint density at radius 2 is 1.80 bits per heavy atom. The largest absolute Gasteiger partial charge is 0.496 e. The van der Waals surface area contributed by atoms with E-state index < -0.39 is 0 Å². The number of benzene rings is 1. The van der Waals surface area contributed by atoms with Crippen molar-refractivity contribution in [1.82, 2.24) is 4.98 Å². The Kier molecular flexibility index (Phi) is 5.10. The normalized spacial score (nSPS) is 12.0. The fraction of sp³-hybridized carbons (Fsp3) is 0.267. The summed E-state index contributed by atoms with van der Waals surface area (Å²) in [6.45, 7) is 0. The third-order valence-corrected chi connectivity index (χ3v) is 3.75. The molecule has 1 aromatic heterocycles. The Morgan fingerprint density at radius 3 is 2.35 bits per heavy atom. The number of methoxy groups -OCH3 is 2. The first-order valence-electron chi connectivity index (χ1n) is 6.10. The highest BCUT2D eigenvalue weighted by Gasteiger charge is 2.20. The molecule has 0 fully saturated rings. The predicted molar refractivity (Wildman–Crippen MR) is 81.1 cm³/mol. The van der Waals surface area contributed by atoms with Gasteiger partial charge in [-0.3, -0.25) is 4.98 Å². The minimum Gasteiger partial charge on any atom is -0.496 e.